The Labute approximate surface area is 115 Å². The van der Waals surface area contributed by atoms with E-state index in [0.29, 0.717) is 12.4 Å². The Kier molecular flexibility index (Phi) is 3.80. The second-order valence-electron chi connectivity index (χ2n) is 4.81. The highest BCUT2D eigenvalue weighted by Crippen LogP contribution is 2.27. The first-order chi connectivity index (χ1) is 8.99. The first-order valence-electron chi connectivity index (χ1n) is 5.82. The van der Waals surface area contributed by atoms with Crippen LogP contribution in [-0.4, -0.2) is 27.6 Å². The molecule has 0 atom stereocenters. The van der Waals surface area contributed by atoms with Gasteiger partial charge in [0.1, 0.15) is 5.82 Å². The summed E-state index contributed by atoms with van der Waals surface area (Å²) in [5, 5.41) is 14.0. The van der Waals surface area contributed by atoms with E-state index in [9.17, 15) is 4.79 Å². The minimum Gasteiger partial charge on any atom is -0.476 e. The van der Waals surface area contributed by atoms with E-state index in [2.05, 4.69) is 35.2 Å². The molecule has 0 saturated heterocycles. The van der Waals surface area contributed by atoms with Crippen molar-refractivity contribution in [1.82, 2.24) is 9.97 Å². The van der Waals surface area contributed by atoms with Gasteiger partial charge in [0, 0.05) is 16.8 Å². The van der Waals surface area contributed by atoms with Gasteiger partial charge in [-0.3, -0.25) is 4.98 Å². The topological polar surface area (TPSA) is 75.1 Å². The summed E-state index contributed by atoms with van der Waals surface area (Å²) in [5.41, 5.74) is -0.103. The average Bonchev–Trinajstić information content (AvgIpc) is 2.91. The summed E-state index contributed by atoms with van der Waals surface area (Å²) < 4.78 is 0. The van der Waals surface area contributed by atoms with E-state index in [-0.39, 0.29) is 11.1 Å². The van der Waals surface area contributed by atoms with Crippen LogP contribution in [0.2, 0.25) is 0 Å². The van der Waals surface area contributed by atoms with Crippen LogP contribution in [0.5, 0.6) is 0 Å². The zero-order chi connectivity index (χ0) is 13.9. The molecule has 2 aromatic rings. The molecule has 5 nitrogen and oxygen atoms in total. The van der Waals surface area contributed by atoms with Crippen LogP contribution in [0.1, 0.15) is 29.2 Å². The Morgan fingerprint density at radius 1 is 1.47 bits per heavy atom. The van der Waals surface area contributed by atoms with Crippen LogP contribution in [0.3, 0.4) is 0 Å². The van der Waals surface area contributed by atoms with Crippen molar-refractivity contribution in [3.8, 4) is 0 Å². The molecule has 0 aliphatic rings. The smallest absolute Gasteiger partial charge is 0.356 e. The SMILES string of the molecule is CC(C)(CNc1cncc(C(=O)O)n1)c1cccs1. The van der Waals surface area contributed by atoms with Crippen molar-refractivity contribution in [1.29, 1.82) is 0 Å². The van der Waals surface area contributed by atoms with Crippen molar-refractivity contribution in [2.45, 2.75) is 19.3 Å². The molecule has 100 valence electrons. The molecule has 0 fully saturated rings. The number of nitrogens with zero attached hydrogens (tertiary/aromatic N) is 2. The molecule has 0 bridgehead atoms. The van der Waals surface area contributed by atoms with E-state index in [4.69, 9.17) is 5.11 Å². The maximum atomic E-state index is 10.8. The van der Waals surface area contributed by atoms with Gasteiger partial charge in [-0.15, -0.1) is 11.3 Å². The molecule has 6 heteroatoms. The van der Waals surface area contributed by atoms with Gasteiger partial charge in [0.05, 0.1) is 12.4 Å². The number of carboxylic acids is 1. The van der Waals surface area contributed by atoms with Crippen LogP contribution < -0.4 is 5.32 Å². The summed E-state index contributed by atoms with van der Waals surface area (Å²) in [5.74, 6) is -0.599. The van der Waals surface area contributed by atoms with E-state index in [1.54, 1.807) is 11.3 Å². The number of nitrogens with one attached hydrogen (secondary N) is 1. The lowest BCUT2D eigenvalue weighted by Crippen LogP contribution is -2.27. The minimum absolute atomic E-state index is 0.0466. The van der Waals surface area contributed by atoms with Crippen molar-refractivity contribution in [2.75, 3.05) is 11.9 Å². The predicted octanol–water partition coefficient (Wildman–Crippen LogP) is 2.63. The zero-order valence-corrected chi connectivity index (χ0v) is 11.6. The highest BCUT2D eigenvalue weighted by molar-refractivity contribution is 7.10. The molecule has 2 N–H and O–H groups in total. The largest absolute Gasteiger partial charge is 0.476 e. The number of rotatable bonds is 5. The standard InChI is InChI=1S/C13H15N3O2S/c1-13(2,10-4-3-5-19-10)8-15-11-7-14-6-9(16-11)12(17)18/h3-7H,8H2,1-2H3,(H,15,16)(H,17,18). The van der Waals surface area contributed by atoms with Gasteiger partial charge in [-0.1, -0.05) is 19.9 Å². The van der Waals surface area contributed by atoms with E-state index >= 15 is 0 Å². The number of hydrogen-bond donors (Lipinski definition) is 2. The monoisotopic (exact) mass is 277 g/mol. The summed E-state index contributed by atoms with van der Waals surface area (Å²) in [6.07, 6.45) is 2.76. The van der Waals surface area contributed by atoms with Crippen LogP contribution in [0.25, 0.3) is 0 Å². The fraction of sp³-hybridized carbons (Fsp3) is 0.308. The molecule has 0 aliphatic heterocycles. The number of thiophene rings is 1. The lowest BCUT2D eigenvalue weighted by atomic mass is 9.91. The second kappa shape index (κ2) is 5.36. The lowest BCUT2D eigenvalue weighted by Gasteiger charge is -2.23. The maximum absolute atomic E-state index is 10.8. The molecule has 0 aliphatic carbocycles. The normalized spacial score (nSPS) is 11.3. The molecule has 2 rings (SSSR count). The van der Waals surface area contributed by atoms with Crippen LogP contribution in [0, 0.1) is 0 Å². The van der Waals surface area contributed by atoms with E-state index in [1.165, 1.54) is 17.3 Å². The highest BCUT2D eigenvalue weighted by atomic mass is 32.1. The molecule has 19 heavy (non-hydrogen) atoms. The molecular formula is C13H15N3O2S. The van der Waals surface area contributed by atoms with Gasteiger partial charge < -0.3 is 10.4 Å². The number of hydrogen-bond acceptors (Lipinski definition) is 5. The average molecular weight is 277 g/mol. The summed E-state index contributed by atoms with van der Waals surface area (Å²) in [4.78, 5) is 19.9. The molecule has 0 saturated carbocycles. The predicted molar refractivity (Wildman–Crippen MR) is 74.8 cm³/mol. The second-order valence-corrected chi connectivity index (χ2v) is 5.76. The van der Waals surface area contributed by atoms with Crippen molar-refractivity contribution >= 4 is 23.1 Å². The number of carboxylic acid groups (broad SMARTS) is 1. The Morgan fingerprint density at radius 3 is 2.89 bits per heavy atom. The van der Waals surface area contributed by atoms with E-state index in [0.717, 1.165) is 0 Å². The Morgan fingerprint density at radius 2 is 2.26 bits per heavy atom. The third-order valence-electron chi connectivity index (χ3n) is 2.75. The van der Waals surface area contributed by atoms with Crippen molar-refractivity contribution in [2.24, 2.45) is 0 Å². The number of carbonyl (C=O) groups is 1. The third kappa shape index (κ3) is 3.29. The molecule has 2 heterocycles. The molecule has 2 aromatic heterocycles. The first-order valence-corrected chi connectivity index (χ1v) is 6.70. The molecule has 0 amide bonds. The Hall–Kier alpha value is -1.95. The molecule has 0 radical (unpaired) electrons. The zero-order valence-electron chi connectivity index (χ0n) is 10.8. The number of aromatic carboxylic acids is 1. The van der Waals surface area contributed by atoms with Gasteiger partial charge in [0.15, 0.2) is 5.69 Å². The van der Waals surface area contributed by atoms with Crippen LogP contribution in [0.15, 0.2) is 29.9 Å². The summed E-state index contributed by atoms with van der Waals surface area (Å²) in [6, 6.07) is 4.11. The number of anilines is 1. The van der Waals surface area contributed by atoms with Crippen LogP contribution >= 0.6 is 11.3 Å². The van der Waals surface area contributed by atoms with Gasteiger partial charge in [-0.2, -0.15) is 0 Å². The fourth-order valence-electron chi connectivity index (χ4n) is 1.62. The summed E-state index contributed by atoms with van der Waals surface area (Å²) >= 11 is 1.70. The minimum atomic E-state index is -1.08. The van der Waals surface area contributed by atoms with Crippen LogP contribution in [-0.2, 0) is 5.41 Å². The summed E-state index contributed by atoms with van der Waals surface area (Å²) in [6.45, 7) is 4.91. The lowest BCUT2D eigenvalue weighted by molar-refractivity contribution is 0.0690. The molecular weight excluding hydrogens is 262 g/mol. The summed E-state index contributed by atoms with van der Waals surface area (Å²) in [7, 11) is 0. The Bertz CT molecular complexity index is 567. The van der Waals surface area contributed by atoms with Crippen LogP contribution in [0.4, 0.5) is 5.82 Å². The quantitative estimate of drug-likeness (QED) is 0.878. The van der Waals surface area contributed by atoms with Crippen molar-refractivity contribution < 1.29 is 9.90 Å². The van der Waals surface area contributed by atoms with E-state index < -0.39 is 5.97 Å². The van der Waals surface area contributed by atoms with Crippen molar-refractivity contribution in [3.05, 3.63) is 40.5 Å². The maximum Gasteiger partial charge on any atom is 0.356 e. The van der Waals surface area contributed by atoms with Gasteiger partial charge >= 0.3 is 5.97 Å². The fourth-order valence-corrected chi connectivity index (χ4v) is 2.47. The molecule has 0 aromatic carbocycles. The van der Waals surface area contributed by atoms with Gasteiger partial charge in [0.25, 0.3) is 0 Å². The van der Waals surface area contributed by atoms with Gasteiger partial charge in [-0.25, -0.2) is 9.78 Å². The molecule has 0 spiro atoms. The van der Waals surface area contributed by atoms with Crippen molar-refractivity contribution in [3.63, 3.8) is 0 Å². The number of aromatic nitrogens is 2. The van der Waals surface area contributed by atoms with Gasteiger partial charge in [-0.05, 0) is 11.4 Å². The van der Waals surface area contributed by atoms with E-state index in [1.807, 2.05) is 11.4 Å². The third-order valence-corrected chi connectivity index (χ3v) is 3.99. The van der Waals surface area contributed by atoms with Gasteiger partial charge in [0.2, 0.25) is 0 Å². The highest BCUT2D eigenvalue weighted by Gasteiger charge is 2.21. The molecule has 0 unspecified atom stereocenters. The first kappa shape index (κ1) is 13.5. The Balaban J connectivity index is 2.06.